The molecule has 0 saturated heterocycles. The zero-order valence-corrected chi connectivity index (χ0v) is 31.2. The Hall–Kier alpha value is -6.84. The Labute approximate surface area is 319 Å². The van der Waals surface area contributed by atoms with Gasteiger partial charge in [-0.3, -0.25) is 0 Å². The second kappa shape index (κ2) is 11.8. The van der Waals surface area contributed by atoms with Crippen LogP contribution in [0.15, 0.2) is 182 Å². The molecule has 0 amide bonds. The van der Waals surface area contributed by atoms with Gasteiger partial charge in [-0.1, -0.05) is 118 Å². The lowest BCUT2D eigenvalue weighted by Crippen LogP contribution is -2.10. The highest BCUT2D eigenvalue weighted by atomic mass is 15.0. The molecule has 55 heavy (non-hydrogen) atoms. The van der Waals surface area contributed by atoms with Gasteiger partial charge in [0.1, 0.15) is 0 Å². The highest BCUT2D eigenvalue weighted by Crippen LogP contribution is 2.40. The maximum absolute atomic E-state index is 2.43. The van der Waals surface area contributed by atoms with Crippen LogP contribution in [0.2, 0.25) is 0 Å². The van der Waals surface area contributed by atoms with E-state index in [0.29, 0.717) is 0 Å². The minimum atomic E-state index is 0.111. The van der Waals surface area contributed by atoms with Crippen LogP contribution >= 0.6 is 0 Å². The summed E-state index contributed by atoms with van der Waals surface area (Å²) in [6.45, 7) is 6.81. The minimum Gasteiger partial charge on any atom is -0.309 e. The number of hydrogen-bond donors (Lipinski definition) is 0. The first-order valence-corrected chi connectivity index (χ1v) is 19.2. The van der Waals surface area contributed by atoms with Gasteiger partial charge in [-0.2, -0.15) is 0 Å². The van der Waals surface area contributed by atoms with E-state index in [4.69, 9.17) is 0 Å². The van der Waals surface area contributed by atoms with Gasteiger partial charge < -0.3 is 13.7 Å². The van der Waals surface area contributed by atoms with Crippen molar-refractivity contribution in [3.63, 3.8) is 0 Å². The lowest BCUT2D eigenvalue weighted by Gasteiger charge is -2.19. The van der Waals surface area contributed by atoms with Crippen molar-refractivity contribution in [3.05, 3.63) is 188 Å². The third-order valence-corrected chi connectivity index (χ3v) is 11.6. The standard InChI is InChI=1S/C52H39N3/c1-52(2,3)36-23-25-38(26-24-36)54-46-18-10-7-15-40(46)43-31-34(21-28-49(43)54)35-22-29-50-44(32-35)41-16-8-12-20-48(41)55(50)39-27-30-51-45(33-39)42-17-9-11-19-47(42)53(51)37-13-5-4-6-14-37/h4-33H,1-3H3. The molecule has 0 saturated carbocycles. The number of benzene rings is 8. The molecule has 0 radical (unpaired) electrons. The summed E-state index contributed by atoms with van der Waals surface area (Å²) >= 11 is 0. The molecule has 0 aliphatic rings. The van der Waals surface area contributed by atoms with Crippen molar-refractivity contribution in [2.75, 3.05) is 0 Å². The number of nitrogens with zero attached hydrogens (tertiary/aromatic N) is 3. The van der Waals surface area contributed by atoms with E-state index in [0.717, 1.165) is 5.69 Å². The van der Waals surface area contributed by atoms with E-state index in [-0.39, 0.29) is 5.41 Å². The Kier molecular flexibility index (Phi) is 6.81. The summed E-state index contributed by atoms with van der Waals surface area (Å²) in [4.78, 5) is 0. The first-order valence-electron chi connectivity index (χ1n) is 19.2. The predicted octanol–water partition coefficient (Wildman–Crippen LogP) is 13.9. The number of aromatic nitrogens is 3. The zero-order chi connectivity index (χ0) is 36.8. The van der Waals surface area contributed by atoms with Crippen LogP contribution in [0.25, 0.3) is 93.6 Å². The van der Waals surface area contributed by atoms with Gasteiger partial charge in [0.2, 0.25) is 0 Å². The van der Waals surface area contributed by atoms with Crippen LogP contribution in [0.3, 0.4) is 0 Å². The van der Waals surface area contributed by atoms with E-state index >= 15 is 0 Å². The molecule has 0 unspecified atom stereocenters. The number of hydrogen-bond acceptors (Lipinski definition) is 0. The summed E-state index contributed by atoms with van der Waals surface area (Å²) < 4.78 is 7.22. The van der Waals surface area contributed by atoms with Gasteiger partial charge in [0.05, 0.1) is 33.1 Å². The molecule has 11 aromatic rings. The van der Waals surface area contributed by atoms with Crippen molar-refractivity contribution in [1.82, 2.24) is 13.7 Å². The molecule has 0 atom stereocenters. The van der Waals surface area contributed by atoms with Gasteiger partial charge in [0.15, 0.2) is 0 Å². The second-order valence-electron chi connectivity index (χ2n) is 15.9. The molecule has 0 spiro atoms. The topological polar surface area (TPSA) is 14.8 Å². The summed E-state index contributed by atoms with van der Waals surface area (Å²) in [7, 11) is 0. The van der Waals surface area contributed by atoms with Crippen molar-refractivity contribution in [1.29, 1.82) is 0 Å². The molecule has 11 rings (SSSR count). The van der Waals surface area contributed by atoms with Gasteiger partial charge in [-0.25, -0.2) is 0 Å². The van der Waals surface area contributed by atoms with Crippen LogP contribution < -0.4 is 0 Å². The third-order valence-electron chi connectivity index (χ3n) is 11.6. The number of para-hydroxylation sites is 4. The van der Waals surface area contributed by atoms with Crippen molar-refractivity contribution < 1.29 is 0 Å². The van der Waals surface area contributed by atoms with Crippen molar-refractivity contribution in [2.45, 2.75) is 26.2 Å². The second-order valence-corrected chi connectivity index (χ2v) is 15.9. The highest BCUT2D eigenvalue weighted by molar-refractivity contribution is 6.14. The van der Waals surface area contributed by atoms with E-state index in [1.54, 1.807) is 0 Å². The monoisotopic (exact) mass is 705 g/mol. The molecule has 3 aromatic heterocycles. The minimum absolute atomic E-state index is 0.111. The summed E-state index contributed by atoms with van der Waals surface area (Å²) in [5, 5.41) is 7.53. The molecule has 0 aliphatic carbocycles. The van der Waals surface area contributed by atoms with Gasteiger partial charge in [0.25, 0.3) is 0 Å². The van der Waals surface area contributed by atoms with Crippen molar-refractivity contribution in [2.24, 2.45) is 0 Å². The predicted molar refractivity (Wildman–Crippen MR) is 234 cm³/mol. The Balaban J connectivity index is 1.07. The van der Waals surface area contributed by atoms with Gasteiger partial charge in [-0.15, -0.1) is 0 Å². The van der Waals surface area contributed by atoms with Gasteiger partial charge in [0, 0.05) is 49.4 Å². The fraction of sp³-hybridized carbons (Fsp3) is 0.0769. The van der Waals surface area contributed by atoms with Crippen LogP contribution in [0.1, 0.15) is 26.3 Å². The molecule has 3 nitrogen and oxygen atoms in total. The van der Waals surface area contributed by atoms with Crippen LogP contribution in [-0.2, 0) is 5.41 Å². The first kappa shape index (κ1) is 31.7. The maximum Gasteiger partial charge on any atom is 0.0542 e. The average Bonchev–Trinajstić information content (AvgIpc) is 3.86. The van der Waals surface area contributed by atoms with E-state index in [2.05, 4.69) is 216 Å². The molecule has 0 fully saturated rings. The average molecular weight is 706 g/mol. The van der Waals surface area contributed by atoms with Crippen molar-refractivity contribution >= 4 is 65.4 Å². The van der Waals surface area contributed by atoms with E-state index in [9.17, 15) is 0 Å². The third kappa shape index (κ3) is 4.83. The molecule has 262 valence electrons. The summed E-state index contributed by atoms with van der Waals surface area (Å²) in [6, 6.07) is 67.0. The lowest BCUT2D eigenvalue weighted by molar-refractivity contribution is 0.590. The Morgan fingerprint density at radius 2 is 0.655 bits per heavy atom. The highest BCUT2D eigenvalue weighted by Gasteiger charge is 2.19. The van der Waals surface area contributed by atoms with Crippen LogP contribution in [0.5, 0.6) is 0 Å². The number of fused-ring (bicyclic) bond motifs is 9. The maximum atomic E-state index is 2.43. The Morgan fingerprint density at radius 3 is 1.15 bits per heavy atom. The van der Waals surface area contributed by atoms with Crippen molar-refractivity contribution in [3.8, 4) is 28.2 Å². The summed E-state index contributed by atoms with van der Waals surface area (Å²) in [6.07, 6.45) is 0. The summed E-state index contributed by atoms with van der Waals surface area (Å²) in [5.74, 6) is 0. The molecular formula is C52H39N3. The molecule has 3 heterocycles. The Bertz CT molecular complexity index is 3270. The fourth-order valence-electron chi connectivity index (χ4n) is 8.93. The fourth-order valence-corrected chi connectivity index (χ4v) is 8.93. The summed E-state index contributed by atoms with van der Waals surface area (Å²) in [5.41, 5.74) is 14.7. The van der Waals surface area contributed by atoms with Gasteiger partial charge >= 0.3 is 0 Å². The first-order chi connectivity index (χ1) is 26.9. The van der Waals surface area contributed by atoms with E-state index in [1.165, 1.54) is 93.5 Å². The zero-order valence-electron chi connectivity index (χ0n) is 31.2. The van der Waals surface area contributed by atoms with E-state index in [1.807, 2.05) is 0 Å². The Morgan fingerprint density at radius 1 is 0.291 bits per heavy atom. The molecular weight excluding hydrogens is 667 g/mol. The quantitative estimate of drug-likeness (QED) is 0.173. The molecule has 8 aromatic carbocycles. The number of rotatable bonds is 4. The van der Waals surface area contributed by atoms with Crippen LogP contribution in [0, 0.1) is 0 Å². The van der Waals surface area contributed by atoms with Gasteiger partial charge in [-0.05, 0) is 107 Å². The van der Waals surface area contributed by atoms with Crippen LogP contribution in [-0.4, -0.2) is 13.7 Å². The van der Waals surface area contributed by atoms with Crippen LogP contribution in [0.4, 0.5) is 0 Å². The molecule has 0 N–H and O–H groups in total. The molecule has 3 heteroatoms. The normalized spacial score (nSPS) is 12.3. The molecule has 0 bridgehead atoms. The molecule has 0 aliphatic heterocycles. The smallest absolute Gasteiger partial charge is 0.0542 e. The van der Waals surface area contributed by atoms with E-state index < -0.39 is 0 Å². The SMILES string of the molecule is CC(C)(C)c1ccc(-n2c3ccccc3c3cc(-c4ccc5c(c4)c4ccccc4n5-c4ccc5c(c4)c4ccccc4n5-c4ccccc4)ccc32)cc1. The lowest BCUT2D eigenvalue weighted by atomic mass is 9.87. The largest absolute Gasteiger partial charge is 0.309 e.